The van der Waals surface area contributed by atoms with Crippen LogP contribution in [-0.4, -0.2) is 36.0 Å². The van der Waals surface area contributed by atoms with Gasteiger partial charge in [0.2, 0.25) is 6.29 Å². The molecule has 0 aromatic carbocycles. The van der Waals surface area contributed by atoms with Crippen molar-refractivity contribution >= 4 is 18.0 Å². The summed E-state index contributed by atoms with van der Waals surface area (Å²) in [6, 6.07) is 0. The van der Waals surface area contributed by atoms with Crippen LogP contribution in [0.3, 0.4) is 0 Å². The average molecular weight is 317 g/mol. The van der Waals surface area contributed by atoms with E-state index in [9.17, 15) is 14.4 Å². The maximum atomic E-state index is 11.7. The second-order valence-corrected chi connectivity index (χ2v) is 5.71. The Labute approximate surface area is 131 Å². The van der Waals surface area contributed by atoms with Crippen LogP contribution in [0.2, 0.25) is 0 Å². The number of carboxylic acids is 1. The minimum Gasteiger partial charge on any atom is -0.481 e. The Bertz CT molecular complexity index is 369. The summed E-state index contributed by atoms with van der Waals surface area (Å²) in [6.07, 6.45) is 0.164. The molecule has 0 fully saturated rings. The number of carbonyl (C=O) groups is 3. The van der Waals surface area contributed by atoms with Crippen LogP contribution >= 0.6 is 0 Å². The predicted octanol–water partition coefficient (Wildman–Crippen LogP) is 2.54. The smallest absolute Gasteiger partial charge is 0.410 e. The Hall–Kier alpha value is -1.79. The van der Waals surface area contributed by atoms with Crippen LogP contribution in [0.4, 0.5) is 4.79 Å². The number of ether oxygens (including phenoxy) is 2. The van der Waals surface area contributed by atoms with Crippen molar-refractivity contribution in [3.63, 3.8) is 0 Å². The van der Waals surface area contributed by atoms with Crippen molar-refractivity contribution in [1.29, 1.82) is 0 Å². The lowest BCUT2D eigenvalue weighted by atomic mass is 9.94. The number of amides is 1. The zero-order chi connectivity index (χ0) is 17.1. The third-order valence-corrected chi connectivity index (χ3v) is 2.86. The average Bonchev–Trinajstić information content (AvgIpc) is 2.34. The third-order valence-electron chi connectivity index (χ3n) is 2.86. The largest absolute Gasteiger partial charge is 0.481 e. The van der Waals surface area contributed by atoms with Crippen molar-refractivity contribution in [3.8, 4) is 0 Å². The summed E-state index contributed by atoms with van der Waals surface area (Å²) < 4.78 is 9.90. The van der Waals surface area contributed by atoms with E-state index in [2.05, 4.69) is 5.32 Å². The van der Waals surface area contributed by atoms with Gasteiger partial charge >= 0.3 is 18.0 Å². The molecule has 0 saturated heterocycles. The van der Waals surface area contributed by atoms with Gasteiger partial charge in [-0.3, -0.25) is 9.59 Å². The first-order valence-electron chi connectivity index (χ1n) is 7.58. The Morgan fingerprint density at radius 3 is 2.27 bits per heavy atom. The summed E-state index contributed by atoms with van der Waals surface area (Å²) in [5.74, 6) is -1.25. The number of hydrogen-bond donors (Lipinski definition) is 2. The minimum absolute atomic E-state index is 0.0131. The van der Waals surface area contributed by atoms with E-state index in [4.69, 9.17) is 14.6 Å². The highest BCUT2D eigenvalue weighted by molar-refractivity contribution is 5.69. The lowest BCUT2D eigenvalue weighted by Gasteiger charge is -2.20. The van der Waals surface area contributed by atoms with Crippen LogP contribution in [0.5, 0.6) is 0 Å². The number of alkyl carbamates (subject to hydrolysis) is 1. The molecule has 2 atom stereocenters. The lowest BCUT2D eigenvalue weighted by molar-refractivity contribution is -0.166. The zero-order valence-electron chi connectivity index (χ0n) is 13.8. The highest BCUT2D eigenvalue weighted by Gasteiger charge is 2.19. The van der Waals surface area contributed by atoms with Crippen LogP contribution in [0.25, 0.3) is 0 Å². The topological polar surface area (TPSA) is 102 Å². The van der Waals surface area contributed by atoms with Gasteiger partial charge in [-0.15, -0.1) is 0 Å². The molecule has 0 rings (SSSR count). The van der Waals surface area contributed by atoms with E-state index < -0.39 is 24.3 Å². The first-order chi connectivity index (χ1) is 10.2. The van der Waals surface area contributed by atoms with Crippen molar-refractivity contribution in [1.82, 2.24) is 5.32 Å². The molecule has 7 nitrogen and oxygen atoms in total. The van der Waals surface area contributed by atoms with Gasteiger partial charge < -0.3 is 19.9 Å². The Morgan fingerprint density at radius 1 is 1.18 bits per heavy atom. The molecule has 0 heterocycles. The molecule has 0 spiro atoms. The van der Waals surface area contributed by atoms with Crippen molar-refractivity contribution < 1.29 is 29.0 Å². The van der Waals surface area contributed by atoms with Gasteiger partial charge in [0.1, 0.15) is 0 Å². The van der Waals surface area contributed by atoms with E-state index in [1.807, 2.05) is 20.8 Å². The highest BCUT2D eigenvalue weighted by atomic mass is 16.7. The van der Waals surface area contributed by atoms with E-state index in [0.717, 1.165) is 0 Å². The maximum Gasteiger partial charge on any atom is 0.410 e. The van der Waals surface area contributed by atoms with E-state index >= 15 is 0 Å². The second-order valence-electron chi connectivity index (χ2n) is 5.71. The molecule has 0 radical (unpaired) electrons. The molecule has 0 aliphatic rings. The van der Waals surface area contributed by atoms with E-state index in [0.29, 0.717) is 25.2 Å². The number of esters is 1. The van der Waals surface area contributed by atoms with E-state index in [-0.39, 0.29) is 18.9 Å². The van der Waals surface area contributed by atoms with E-state index in [1.165, 1.54) is 6.92 Å². The van der Waals surface area contributed by atoms with Gasteiger partial charge in [0.25, 0.3) is 0 Å². The number of hydrogen-bond acceptors (Lipinski definition) is 5. The maximum absolute atomic E-state index is 11.7. The fourth-order valence-electron chi connectivity index (χ4n) is 2.10. The first kappa shape index (κ1) is 20.2. The minimum atomic E-state index is -0.912. The SMILES string of the molecule is CCCC(OC(C)=O)OC(=O)NCC(CC(=O)O)CC(C)C. The second kappa shape index (κ2) is 10.9. The molecule has 22 heavy (non-hydrogen) atoms. The lowest BCUT2D eigenvalue weighted by Crippen LogP contribution is -2.35. The van der Waals surface area contributed by atoms with Crippen LogP contribution < -0.4 is 5.32 Å². The van der Waals surface area contributed by atoms with Gasteiger partial charge in [0.05, 0.1) is 0 Å². The molecule has 0 aliphatic heterocycles. The molecular formula is C15H27NO6. The number of carbonyl (C=O) groups excluding carboxylic acids is 2. The highest BCUT2D eigenvalue weighted by Crippen LogP contribution is 2.15. The fraction of sp³-hybridized carbons (Fsp3) is 0.800. The Kier molecular flexibility index (Phi) is 9.98. The summed E-state index contributed by atoms with van der Waals surface area (Å²) in [6.45, 7) is 7.32. The summed E-state index contributed by atoms with van der Waals surface area (Å²) in [4.78, 5) is 33.5. The molecule has 1 amide bonds. The number of carboxylic acid groups (broad SMARTS) is 1. The van der Waals surface area contributed by atoms with Gasteiger partial charge in [-0.1, -0.05) is 20.8 Å². The third kappa shape index (κ3) is 10.9. The molecular weight excluding hydrogens is 290 g/mol. The van der Waals surface area contributed by atoms with Crippen molar-refractivity contribution in [2.45, 2.75) is 59.7 Å². The molecule has 0 aromatic heterocycles. The summed E-state index contributed by atoms with van der Waals surface area (Å²) in [5.41, 5.74) is 0. The van der Waals surface area contributed by atoms with Gasteiger partial charge in [-0.25, -0.2) is 4.79 Å². The van der Waals surface area contributed by atoms with Gasteiger partial charge in [-0.05, 0) is 24.7 Å². The predicted molar refractivity (Wildman–Crippen MR) is 80.1 cm³/mol. The molecule has 2 unspecified atom stereocenters. The van der Waals surface area contributed by atoms with Gasteiger partial charge in [-0.2, -0.15) is 0 Å². The molecule has 0 bridgehead atoms. The quantitative estimate of drug-likeness (QED) is 0.474. The van der Waals surface area contributed by atoms with Crippen LogP contribution in [0.1, 0.15) is 53.4 Å². The number of aliphatic carboxylic acids is 1. The van der Waals surface area contributed by atoms with Gasteiger partial charge in [0.15, 0.2) is 0 Å². The Morgan fingerprint density at radius 2 is 1.82 bits per heavy atom. The summed E-state index contributed by atoms with van der Waals surface area (Å²) in [7, 11) is 0. The van der Waals surface area contributed by atoms with Crippen molar-refractivity contribution in [3.05, 3.63) is 0 Å². The normalized spacial score (nSPS) is 13.3. The number of rotatable bonds is 10. The van der Waals surface area contributed by atoms with E-state index in [1.54, 1.807) is 0 Å². The van der Waals surface area contributed by atoms with Crippen LogP contribution in [0, 0.1) is 11.8 Å². The molecule has 7 heteroatoms. The zero-order valence-corrected chi connectivity index (χ0v) is 13.8. The summed E-state index contributed by atoms with van der Waals surface area (Å²) in [5, 5.41) is 11.4. The Balaban J connectivity index is 4.35. The standard InChI is InChI=1S/C15H27NO6/c1-5-6-14(21-11(4)17)22-15(20)16-9-12(7-10(2)3)8-13(18)19/h10,12,14H,5-9H2,1-4H3,(H,16,20)(H,18,19). The first-order valence-corrected chi connectivity index (χ1v) is 7.58. The van der Waals surface area contributed by atoms with Crippen molar-refractivity contribution in [2.24, 2.45) is 11.8 Å². The van der Waals surface area contributed by atoms with Crippen molar-refractivity contribution in [2.75, 3.05) is 6.54 Å². The molecule has 2 N–H and O–H groups in total. The molecule has 0 saturated carbocycles. The molecule has 0 aromatic rings. The molecule has 0 aliphatic carbocycles. The van der Waals surface area contributed by atoms with Crippen LogP contribution in [-0.2, 0) is 19.1 Å². The molecule has 128 valence electrons. The summed E-state index contributed by atoms with van der Waals surface area (Å²) >= 11 is 0. The van der Waals surface area contributed by atoms with Gasteiger partial charge in [0, 0.05) is 26.3 Å². The monoisotopic (exact) mass is 317 g/mol. The number of nitrogens with one attached hydrogen (secondary N) is 1. The fourth-order valence-corrected chi connectivity index (χ4v) is 2.10. The van der Waals surface area contributed by atoms with Crippen LogP contribution in [0.15, 0.2) is 0 Å².